The number of hydrogen-bond donors (Lipinski definition) is 2. The minimum absolute atomic E-state index is 0.0978. The molecule has 7 heteroatoms. The number of carbonyl (C=O) groups is 1. The number of aromatic nitrogens is 4. The maximum absolute atomic E-state index is 12.0. The highest BCUT2D eigenvalue weighted by molar-refractivity contribution is 6.01. The van der Waals surface area contributed by atoms with Crippen molar-refractivity contribution in [1.29, 1.82) is 0 Å². The Morgan fingerprint density at radius 3 is 3.00 bits per heavy atom. The number of carbonyl (C=O) groups excluding carboxylic acids is 1. The van der Waals surface area contributed by atoms with Crippen LogP contribution in [0.15, 0.2) is 23.1 Å². The minimum atomic E-state index is -0.380. The number of nitrogens with one attached hydrogen (secondary N) is 2. The Balaban J connectivity index is 1.75. The van der Waals surface area contributed by atoms with Crippen LogP contribution in [0.5, 0.6) is 0 Å². The number of anilines is 1. The SMILES string of the molecule is CCn1cc(NC(=O)c2n[nH]c(C3CC3)n2)ccc1=O. The lowest BCUT2D eigenvalue weighted by molar-refractivity contribution is 0.101. The first kappa shape index (κ1) is 12.6. The van der Waals surface area contributed by atoms with Crippen LogP contribution in [0.1, 0.15) is 42.1 Å². The molecule has 20 heavy (non-hydrogen) atoms. The fraction of sp³-hybridized carbons (Fsp3) is 0.385. The third-order valence-electron chi connectivity index (χ3n) is 3.25. The lowest BCUT2D eigenvalue weighted by Crippen LogP contribution is -2.20. The molecule has 2 N–H and O–H groups in total. The van der Waals surface area contributed by atoms with E-state index in [1.54, 1.807) is 12.3 Å². The number of H-pyrrole nitrogens is 1. The van der Waals surface area contributed by atoms with Gasteiger partial charge in [-0.15, -0.1) is 5.10 Å². The maximum atomic E-state index is 12.0. The van der Waals surface area contributed by atoms with E-state index in [2.05, 4.69) is 20.5 Å². The van der Waals surface area contributed by atoms with Gasteiger partial charge < -0.3 is 9.88 Å². The Labute approximate surface area is 115 Å². The van der Waals surface area contributed by atoms with Crippen molar-refractivity contribution in [2.45, 2.75) is 32.2 Å². The molecule has 3 rings (SSSR count). The lowest BCUT2D eigenvalue weighted by atomic mass is 10.4. The van der Waals surface area contributed by atoms with Gasteiger partial charge in [-0.1, -0.05) is 0 Å². The van der Waals surface area contributed by atoms with E-state index >= 15 is 0 Å². The molecule has 0 spiro atoms. The van der Waals surface area contributed by atoms with Crippen molar-refractivity contribution < 1.29 is 4.79 Å². The Hall–Kier alpha value is -2.44. The zero-order valence-corrected chi connectivity index (χ0v) is 11.1. The van der Waals surface area contributed by atoms with Gasteiger partial charge in [-0.3, -0.25) is 14.7 Å². The molecular weight excluding hydrogens is 258 g/mol. The van der Waals surface area contributed by atoms with Crippen LogP contribution < -0.4 is 10.9 Å². The average Bonchev–Trinajstić information content (AvgIpc) is 3.18. The van der Waals surface area contributed by atoms with Crippen molar-refractivity contribution in [3.8, 4) is 0 Å². The summed E-state index contributed by atoms with van der Waals surface area (Å²) in [7, 11) is 0. The van der Waals surface area contributed by atoms with Gasteiger partial charge in [0, 0.05) is 24.7 Å². The number of rotatable bonds is 4. The van der Waals surface area contributed by atoms with Gasteiger partial charge in [-0.05, 0) is 25.8 Å². The summed E-state index contributed by atoms with van der Waals surface area (Å²) in [6.45, 7) is 2.42. The van der Waals surface area contributed by atoms with Crippen molar-refractivity contribution in [3.63, 3.8) is 0 Å². The summed E-state index contributed by atoms with van der Waals surface area (Å²) in [5.41, 5.74) is 0.452. The van der Waals surface area contributed by atoms with Crippen LogP contribution in [0.3, 0.4) is 0 Å². The van der Waals surface area contributed by atoms with Crippen LogP contribution in [-0.4, -0.2) is 25.7 Å². The third kappa shape index (κ3) is 2.47. The molecule has 0 aromatic carbocycles. The van der Waals surface area contributed by atoms with E-state index in [4.69, 9.17) is 0 Å². The molecule has 2 heterocycles. The second-order valence-corrected chi connectivity index (χ2v) is 4.81. The predicted molar refractivity (Wildman–Crippen MR) is 72.7 cm³/mol. The summed E-state index contributed by atoms with van der Waals surface area (Å²) in [6.07, 6.45) is 3.80. The van der Waals surface area contributed by atoms with Crippen LogP contribution in [-0.2, 0) is 6.54 Å². The first-order valence-corrected chi connectivity index (χ1v) is 6.61. The molecule has 0 saturated heterocycles. The molecule has 0 unspecified atom stereocenters. The lowest BCUT2D eigenvalue weighted by Gasteiger charge is -2.06. The summed E-state index contributed by atoms with van der Waals surface area (Å²) in [5.74, 6) is 0.940. The molecule has 1 aliphatic carbocycles. The van der Waals surface area contributed by atoms with Gasteiger partial charge in [-0.25, -0.2) is 4.98 Å². The fourth-order valence-corrected chi connectivity index (χ4v) is 1.95. The molecule has 7 nitrogen and oxygen atoms in total. The Kier molecular flexibility index (Phi) is 3.09. The quantitative estimate of drug-likeness (QED) is 0.873. The maximum Gasteiger partial charge on any atom is 0.295 e. The van der Waals surface area contributed by atoms with Crippen molar-refractivity contribution in [3.05, 3.63) is 40.3 Å². The average molecular weight is 273 g/mol. The van der Waals surface area contributed by atoms with Crippen LogP contribution in [0.2, 0.25) is 0 Å². The van der Waals surface area contributed by atoms with E-state index in [0.717, 1.165) is 18.7 Å². The third-order valence-corrected chi connectivity index (χ3v) is 3.25. The number of aryl methyl sites for hydroxylation is 1. The number of amides is 1. The van der Waals surface area contributed by atoms with Crippen LogP contribution in [0.25, 0.3) is 0 Å². The van der Waals surface area contributed by atoms with Crippen molar-refractivity contribution in [2.75, 3.05) is 5.32 Å². The second-order valence-electron chi connectivity index (χ2n) is 4.81. The van der Waals surface area contributed by atoms with Crippen LogP contribution in [0, 0.1) is 0 Å². The van der Waals surface area contributed by atoms with Crippen molar-refractivity contribution in [1.82, 2.24) is 19.7 Å². The van der Waals surface area contributed by atoms with Crippen LogP contribution >= 0.6 is 0 Å². The molecule has 1 saturated carbocycles. The smallest absolute Gasteiger partial charge is 0.295 e. The van der Waals surface area contributed by atoms with E-state index < -0.39 is 0 Å². The monoisotopic (exact) mass is 273 g/mol. The largest absolute Gasteiger partial charge is 0.318 e. The van der Waals surface area contributed by atoms with Gasteiger partial charge in [0.15, 0.2) is 0 Å². The number of pyridine rings is 1. The Morgan fingerprint density at radius 2 is 2.30 bits per heavy atom. The zero-order valence-electron chi connectivity index (χ0n) is 11.1. The fourth-order valence-electron chi connectivity index (χ4n) is 1.95. The second kappa shape index (κ2) is 4.92. The minimum Gasteiger partial charge on any atom is -0.318 e. The molecule has 0 bridgehead atoms. The van der Waals surface area contributed by atoms with Crippen molar-refractivity contribution >= 4 is 11.6 Å². The molecular formula is C13H15N5O2. The van der Waals surface area contributed by atoms with E-state index in [1.165, 1.54) is 10.6 Å². The van der Waals surface area contributed by atoms with Gasteiger partial charge in [0.1, 0.15) is 5.82 Å². The van der Waals surface area contributed by atoms with E-state index in [9.17, 15) is 9.59 Å². The molecule has 1 fully saturated rings. The highest BCUT2D eigenvalue weighted by atomic mass is 16.2. The zero-order chi connectivity index (χ0) is 14.1. The Morgan fingerprint density at radius 1 is 1.50 bits per heavy atom. The summed E-state index contributed by atoms with van der Waals surface area (Å²) in [6, 6.07) is 2.99. The number of nitrogens with zero attached hydrogens (tertiary/aromatic N) is 3. The van der Waals surface area contributed by atoms with E-state index in [-0.39, 0.29) is 17.3 Å². The van der Waals surface area contributed by atoms with E-state index in [1.807, 2.05) is 6.92 Å². The van der Waals surface area contributed by atoms with E-state index in [0.29, 0.717) is 18.2 Å². The molecule has 2 aromatic rings. The van der Waals surface area contributed by atoms with Gasteiger partial charge in [0.25, 0.3) is 11.5 Å². The standard InChI is InChI=1S/C13H15N5O2/c1-2-18-7-9(5-6-10(18)19)14-13(20)12-15-11(16-17-12)8-3-4-8/h5-8H,2-4H2,1H3,(H,14,20)(H,15,16,17). The summed E-state index contributed by atoms with van der Waals surface area (Å²) >= 11 is 0. The molecule has 0 aliphatic heterocycles. The molecule has 0 atom stereocenters. The highest BCUT2D eigenvalue weighted by Crippen LogP contribution is 2.37. The summed E-state index contributed by atoms with van der Waals surface area (Å²) in [5, 5.41) is 9.40. The summed E-state index contributed by atoms with van der Waals surface area (Å²) in [4.78, 5) is 27.7. The number of hydrogen-bond acceptors (Lipinski definition) is 4. The molecule has 2 aromatic heterocycles. The molecule has 1 aliphatic rings. The van der Waals surface area contributed by atoms with Gasteiger partial charge in [0.2, 0.25) is 5.82 Å². The predicted octanol–water partition coefficient (Wildman–Crippen LogP) is 1.12. The first-order chi connectivity index (χ1) is 9.67. The summed E-state index contributed by atoms with van der Waals surface area (Å²) < 4.78 is 1.52. The van der Waals surface area contributed by atoms with Gasteiger partial charge in [-0.2, -0.15) is 0 Å². The van der Waals surface area contributed by atoms with Gasteiger partial charge in [0.05, 0.1) is 5.69 Å². The first-order valence-electron chi connectivity index (χ1n) is 6.61. The number of aromatic amines is 1. The highest BCUT2D eigenvalue weighted by Gasteiger charge is 2.28. The Bertz CT molecular complexity index is 699. The molecule has 1 amide bonds. The van der Waals surface area contributed by atoms with Gasteiger partial charge >= 0.3 is 0 Å². The normalized spacial score (nSPS) is 14.2. The van der Waals surface area contributed by atoms with Crippen molar-refractivity contribution in [2.24, 2.45) is 0 Å². The van der Waals surface area contributed by atoms with Crippen LogP contribution in [0.4, 0.5) is 5.69 Å². The topological polar surface area (TPSA) is 92.7 Å². The molecule has 104 valence electrons. The molecule has 0 radical (unpaired) electrons.